The van der Waals surface area contributed by atoms with Crippen molar-refractivity contribution >= 4 is 68.8 Å². The van der Waals surface area contributed by atoms with Gasteiger partial charge in [0.1, 0.15) is 43.7 Å². The quantitative estimate of drug-likeness (QED) is 0.0872. The highest BCUT2D eigenvalue weighted by atomic mass is 28.3. The second-order valence-corrected chi connectivity index (χ2v) is 44.7. The van der Waals surface area contributed by atoms with Gasteiger partial charge in [0.05, 0.1) is 11.1 Å². The van der Waals surface area contributed by atoms with Crippen molar-refractivity contribution in [1.82, 2.24) is 8.96 Å². The number of hydrogen-bond acceptors (Lipinski definition) is 0. The Kier molecular flexibility index (Phi) is 18.7. The standard InChI is InChI=1S/2C30H45BF2N2Si2/c2*1-12-13-14-15-16-17-28-29-22(2)26(18-20-36(6,7)8)24(4)34(29)31(32,33)35-25(5)27(23(3)30(28)35)19-21-37(9,10)11/h2*12-17H2,1-11H3. The summed E-state index contributed by atoms with van der Waals surface area (Å²) in [7, 11) is -6.65. The molecule has 0 saturated heterocycles. The van der Waals surface area contributed by atoms with Crippen molar-refractivity contribution in [3.8, 4) is 45.9 Å². The van der Waals surface area contributed by atoms with Crippen molar-refractivity contribution in [2.24, 2.45) is 0 Å². The monoisotopic (exact) mass is 1080 g/mol. The maximum Gasteiger partial charge on any atom is 0.737 e. The van der Waals surface area contributed by atoms with Crippen LogP contribution in [0, 0.1) is 73.6 Å². The normalized spacial score (nSPS) is 16.9. The van der Waals surface area contributed by atoms with Crippen molar-refractivity contribution in [2.45, 2.75) is 225 Å². The van der Waals surface area contributed by atoms with Crippen molar-refractivity contribution in [2.75, 3.05) is 0 Å². The van der Waals surface area contributed by atoms with E-state index in [9.17, 15) is 0 Å². The minimum absolute atomic E-state index is 0.581. The molecule has 0 bridgehead atoms. The number of rotatable bonds is 12. The minimum Gasteiger partial charge on any atom is -0.392 e. The Hall–Kier alpha value is -4.18. The number of nitrogens with zero attached hydrogens (tertiary/aromatic N) is 4. The molecule has 0 unspecified atom stereocenters. The SMILES string of the molecule is CCCCCCCC1=C2C(C)=C(C#C[Si](C)(C)C)C(C)=[N+]2[B-](F)(F)n2c(C)c(C#C[Si](C)(C)C)c(C)c21.CCCCCCCC1=C2C(C)=C(C#C[Si](C)(C)C)C(C)=[N+]2[B-](F)(F)n2c(C)c(C#C[Si](C)(C)C)c(C)c21. The zero-order valence-electron chi connectivity index (χ0n) is 49.9. The molecule has 0 atom stereocenters. The number of halogens is 4. The van der Waals surface area contributed by atoms with Crippen LogP contribution in [-0.4, -0.2) is 75.6 Å². The molecule has 2 aromatic rings. The molecule has 4 aliphatic rings. The van der Waals surface area contributed by atoms with Gasteiger partial charge in [-0.05, 0) is 78.4 Å². The Balaban J connectivity index is 0.000000274. The van der Waals surface area contributed by atoms with Crippen LogP contribution in [0.4, 0.5) is 17.3 Å². The van der Waals surface area contributed by atoms with Gasteiger partial charge in [-0.15, -0.1) is 22.2 Å². The van der Waals surface area contributed by atoms with Crippen molar-refractivity contribution in [3.63, 3.8) is 0 Å². The first-order chi connectivity index (χ1) is 34.1. The molecule has 0 saturated carbocycles. The fraction of sp³-hybridized carbons (Fsp3) is 0.567. The van der Waals surface area contributed by atoms with E-state index in [-0.39, 0.29) is 0 Å². The number of aromatic nitrogens is 2. The molecule has 400 valence electrons. The lowest BCUT2D eigenvalue weighted by molar-refractivity contribution is -0.364. The minimum atomic E-state index is -4.07. The molecule has 0 amide bonds. The molecule has 14 heteroatoms. The summed E-state index contributed by atoms with van der Waals surface area (Å²) in [6, 6.07) is 0. The number of unbranched alkanes of at least 4 members (excludes halogenated alkanes) is 8. The maximum atomic E-state index is 16.6. The summed E-state index contributed by atoms with van der Waals surface area (Å²) >= 11 is 0. The van der Waals surface area contributed by atoms with Crippen molar-refractivity contribution in [3.05, 3.63) is 78.7 Å². The Labute approximate surface area is 451 Å². The largest absolute Gasteiger partial charge is 0.737 e. The van der Waals surface area contributed by atoms with Crippen LogP contribution in [0.3, 0.4) is 0 Å². The third-order valence-corrected chi connectivity index (χ3v) is 18.0. The van der Waals surface area contributed by atoms with Crippen LogP contribution in [0.15, 0.2) is 33.7 Å². The van der Waals surface area contributed by atoms with Gasteiger partial charge < -0.3 is 35.2 Å². The predicted molar refractivity (Wildman–Crippen MR) is 325 cm³/mol. The first-order valence-corrected chi connectivity index (χ1v) is 41.8. The molecule has 74 heavy (non-hydrogen) atoms. The molecular formula is C60H90B2F4N4Si4. The maximum absolute atomic E-state index is 16.6. The molecule has 0 radical (unpaired) electrons. The zero-order valence-corrected chi connectivity index (χ0v) is 53.9. The molecule has 6 rings (SSSR count). The summed E-state index contributed by atoms with van der Waals surface area (Å²) in [4.78, 5) is 0. The molecule has 4 aliphatic heterocycles. The fourth-order valence-electron chi connectivity index (χ4n) is 11.0. The Morgan fingerprint density at radius 2 is 0.703 bits per heavy atom. The topological polar surface area (TPSA) is 15.9 Å². The summed E-state index contributed by atoms with van der Waals surface area (Å²) < 4.78 is 71.8. The smallest absolute Gasteiger partial charge is 0.392 e. The summed E-state index contributed by atoms with van der Waals surface area (Å²) in [5.41, 5.74) is 27.5. The highest BCUT2D eigenvalue weighted by Gasteiger charge is 2.58. The van der Waals surface area contributed by atoms with Gasteiger partial charge in [-0.2, -0.15) is 0 Å². The Morgan fingerprint density at radius 3 is 0.986 bits per heavy atom. The van der Waals surface area contributed by atoms with Gasteiger partial charge in [-0.25, -0.2) is 0 Å². The van der Waals surface area contributed by atoms with E-state index in [1.54, 1.807) is 0 Å². The van der Waals surface area contributed by atoms with E-state index in [1.165, 1.54) is 56.5 Å². The zero-order chi connectivity index (χ0) is 55.8. The average Bonchev–Trinajstić information content (AvgIpc) is 3.88. The van der Waals surface area contributed by atoms with Crippen LogP contribution in [0.2, 0.25) is 78.6 Å². The molecule has 0 fully saturated rings. The van der Waals surface area contributed by atoms with E-state index in [2.05, 4.69) is 138 Å². The van der Waals surface area contributed by atoms with Crippen LogP contribution in [0.25, 0.3) is 11.1 Å². The molecule has 2 aromatic heterocycles. The summed E-state index contributed by atoms with van der Waals surface area (Å²) in [6.07, 6.45) is 12.9. The van der Waals surface area contributed by atoms with Crippen LogP contribution >= 0.6 is 0 Å². The van der Waals surface area contributed by atoms with Gasteiger partial charge >= 0.3 is 13.9 Å². The van der Waals surface area contributed by atoms with E-state index >= 15 is 17.3 Å². The Bertz CT molecular complexity index is 2850. The van der Waals surface area contributed by atoms with Crippen LogP contribution in [0.1, 0.15) is 164 Å². The molecule has 0 N–H and O–H groups in total. The van der Waals surface area contributed by atoms with Crippen LogP contribution in [0.5, 0.6) is 0 Å². The van der Waals surface area contributed by atoms with Gasteiger partial charge in [0.15, 0.2) is 11.4 Å². The van der Waals surface area contributed by atoms with E-state index in [0.29, 0.717) is 45.6 Å². The highest BCUT2D eigenvalue weighted by molar-refractivity contribution is 6.85. The van der Waals surface area contributed by atoms with Crippen molar-refractivity contribution in [1.29, 1.82) is 0 Å². The van der Waals surface area contributed by atoms with Crippen molar-refractivity contribution < 1.29 is 26.2 Å². The molecule has 4 nitrogen and oxygen atoms in total. The lowest BCUT2D eigenvalue weighted by atomic mass is 9.84. The second kappa shape index (κ2) is 22.8. The van der Waals surface area contributed by atoms with Crippen LogP contribution in [-0.2, 0) is 0 Å². The number of fused-ring (bicyclic) bond motifs is 4. The molecule has 0 spiro atoms. The summed E-state index contributed by atoms with van der Waals surface area (Å²) in [5, 5.41) is 0. The first kappa shape index (κ1) is 60.7. The lowest BCUT2D eigenvalue weighted by Crippen LogP contribution is -2.51. The average molecular weight is 1080 g/mol. The molecule has 6 heterocycles. The fourth-order valence-corrected chi connectivity index (χ4v) is 13.0. The Morgan fingerprint density at radius 1 is 0.419 bits per heavy atom. The van der Waals surface area contributed by atoms with E-state index in [0.717, 1.165) is 94.2 Å². The van der Waals surface area contributed by atoms with E-state index in [4.69, 9.17) is 0 Å². The van der Waals surface area contributed by atoms with Gasteiger partial charge in [-0.1, -0.05) is 167 Å². The summed E-state index contributed by atoms with van der Waals surface area (Å²) in [5.74, 6) is 13.4. The number of hydrogen-bond donors (Lipinski definition) is 0. The van der Waals surface area contributed by atoms with E-state index in [1.807, 2.05) is 55.4 Å². The lowest BCUT2D eigenvalue weighted by Gasteiger charge is -2.33. The van der Waals surface area contributed by atoms with Crippen LogP contribution < -0.4 is 0 Å². The predicted octanol–water partition coefficient (Wildman–Crippen LogP) is 16.7. The summed E-state index contributed by atoms with van der Waals surface area (Å²) in [6.45, 7) is 37.8. The van der Waals surface area contributed by atoms with Gasteiger partial charge in [0, 0.05) is 70.0 Å². The third-order valence-electron chi connectivity index (χ3n) is 14.5. The first-order valence-electron chi connectivity index (χ1n) is 27.8. The van der Waals surface area contributed by atoms with Gasteiger partial charge in [0.25, 0.3) is 0 Å². The molecule has 0 aliphatic carbocycles. The number of allylic oxidation sites excluding steroid dienone is 6. The molecular weight excluding hydrogens is 987 g/mol. The molecule has 0 aromatic carbocycles. The van der Waals surface area contributed by atoms with Gasteiger partial charge in [-0.3, -0.25) is 0 Å². The van der Waals surface area contributed by atoms with Gasteiger partial charge in [0.2, 0.25) is 0 Å². The highest BCUT2D eigenvalue weighted by Crippen LogP contribution is 2.48. The third kappa shape index (κ3) is 12.8. The second-order valence-electron chi connectivity index (χ2n) is 25.7. The van der Waals surface area contributed by atoms with E-state index < -0.39 is 46.2 Å².